The smallest absolute Gasteiger partial charge is 0.339 e. The first kappa shape index (κ1) is 18.2. The third-order valence-electron chi connectivity index (χ3n) is 4.19. The van der Waals surface area contributed by atoms with Gasteiger partial charge in [0.2, 0.25) is 0 Å². The van der Waals surface area contributed by atoms with Crippen LogP contribution in [0.2, 0.25) is 0 Å². The van der Waals surface area contributed by atoms with E-state index in [1.54, 1.807) is 0 Å². The normalized spacial score (nSPS) is 10.8. The largest absolute Gasteiger partial charge is 0.465 e. The van der Waals surface area contributed by atoms with Gasteiger partial charge in [-0.25, -0.2) is 9.78 Å². The Morgan fingerprint density at radius 3 is 2.73 bits per heavy atom. The number of aryl methyl sites for hydroxylation is 2. The lowest BCUT2D eigenvalue weighted by Gasteiger charge is -2.12. The lowest BCUT2D eigenvalue weighted by atomic mass is 10.0. The first-order chi connectivity index (χ1) is 12.6. The van der Waals surface area contributed by atoms with Gasteiger partial charge in [-0.05, 0) is 44.4 Å². The van der Waals surface area contributed by atoms with Crippen molar-refractivity contribution in [3.63, 3.8) is 0 Å². The predicted molar refractivity (Wildman–Crippen MR) is 104 cm³/mol. The van der Waals surface area contributed by atoms with Crippen molar-refractivity contribution in [3.8, 4) is 22.6 Å². The van der Waals surface area contributed by atoms with Gasteiger partial charge in [0.15, 0.2) is 0 Å². The van der Waals surface area contributed by atoms with Crippen LogP contribution in [0.1, 0.15) is 23.0 Å². The van der Waals surface area contributed by atoms with Crippen LogP contribution in [0.5, 0.6) is 0 Å². The summed E-state index contributed by atoms with van der Waals surface area (Å²) in [6.07, 6.45) is 3.76. The van der Waals surface area contributed by atoms with Crippen LogP contribution in [-0.2, 0) is 11.3 Å². The Labute approximate surface area is 157 Å². The molecule has 2 heterocycles. The molecule has 0 N–H and O–H groups in total. The first-order valence-corrected chi connectivity index (χ1v) is 9.57. The number of aromatic nitrogens is 3. The average molecular weight is 367 g/mol. The Hall–Kier alpha value is -2.60. The molecule has 0 radical (unpaired) electrons. The van der Waals surface area contributed by atoms with E-state index in [1.807, 2.05) is 55.9 Å². The van der Waals surface area contributed by atoms with Crippen molar-refractivity contribution in [2.45, 2.75) is 25.3 Å². The lowest BCUT2D eigenvalue weighted by molar-refractivity contribution is 0.0597. The van der Waals surface area contributed by atoms with Gasteiger partial charge in [-0.3, -0.25) is 4.98 Å². The molecule has 0 spiro atoms. The fourth-order valence-corrected chi connectivity index (χ4v) is 3.48. The summed E-state index contributed by atoms with van der Waals surface area (Å²) in [7, 11) is 1.40. The minimum absolute atomic E-state index is 0.339. The number of thioether (sulfide) groups is 1. The third kappa shape index (κ3) is 3.37. The van der Waals surface area contributed by atoms with Gasteiger partial charge < -0.3 is 9.30 Å². The van der Waals surface area contributed by atoms with E-state index in [0.29, 0.717) is 5.56 Å². The third-order valence-corrected chi connectivity index (χ3v) is 4.98. The molecule has 6 heteroatoms. The van der Waals surface area contributed by atoms with Crippen LogP contribution in [0, 0.1) is 6.92 Å². The van der Waals surface area contributed by atoms with Gasteiger partial charge in [-0.1, -0.05) is 12.1 Å². The zero-order chi connectivity index (χ0) is 18.7. The van der Waals surface area contributed by atoms with Gasteiger partial charge in [0.25, 0.3) is 0 Å². The molecule has 0 atom stereocenters. The maximum absolute atomic E-state index is 12.2. The molecule has 0 saturated heterocycles. The quantitative estimate of drug-likeness (QED) is 0.493. The molecule has 1 aromatic carbocycles. The topological polar surface area (TPSA) is 57.0 Å². The molecule has 5 nitrogen and oxygen atoms in total. The van der Waals surface area contributed by atoms with E-state index in [2.05, 4.69) is 21.5 Å². The van der Waals surface area contributed by atoms with Gasteiger partial charge >= 0.3 is 5.97 Å². The van der Waals surface area contributed by atoms with Gasteiger partial charge in [-0.15, -0.1) is 11.8 Å². The summed E-state index contributed by atoms with van der Waals surface area (Å²) in [5.41, 5.74) is 4.99. The number of imidazole rings is 1. The number of ether oxygens (including phenoxy) is 1. The molecule has 134 valence electrons. The summed E-state index contributed by atoms with van der Waals surface area (Å²) in [4.78, 5) is 22.3. The number of hydrogen-bond acceptors (Lipinski definition) is 5. The highest BCUT2D eigenvalue weighted by molar-refractivity contribution is 7.98. The van der Waals surface area contributed by atoms with Gasteiger partial charge in [0, 0.05) is 22.7 Å². The molecule has 26 heavy (non-hydrogen) atoms. The van der Waals surface area contributed by atoms with Gasteiger partial charge in [0.1, 0.15) is 5.69 Å². The van der Waals surface area contributed by atoms with Crippen LogP contribution < -0.4 is 0 Å². The molecule has 3 rings (SSSR count). The number of benzene rings is 1. The fraction of sp³-hybridized carbons (Fsp3) is 0.250. The van der Waals surface area contributed by atoms with Crippen molar-refractivity contribution in [1.29, 1.82) is 0 Å². The minimum atomic E-state index is -0.339. The van der Waals surface area contributed by atoms with E-state index in [4.69, 9.17) is 4.74 Å². The van der Waals surface area contributed by atoms with Crippen LogP contribution in [0.3, 0.4) is 0 Å². The number of esters is 1. The van der Waals surface area contributed by atoms with E-state index in [-0.39, 0.29) is 5.97 Å². The Balaban J connectivity index is 2.21. The maximum Gasteiger partial charge on any atom is 0.339 e. The highest BCUT2D eigenvalue weighted by atomic mass is 32.2. The van der Waals surface area contributed by atoms with Gasteiger partial charge in [0.05, 0.1) is 30.4 Å². The summed E-state index contributed by atoms with van der Waals surface area (Å²) in [6.45, 7) is 4.80. The fourth-order valence-electron chi connectivity index (χ4n) is 2.91. The van der Waals surface area contributed by atoms with E-state index in [9.17, 15) is 4.79 Å². The van der Waals surface area contributed by atoms with E-state index < -0.39 is 0 Å². The molecule has 0 aliphatic carbocycles. The molecule has 2 aromatic heterocycles. The summed E-state index contributed by atoms with van der Waals surface area (Å²) in [5.74, 6) is -0.339. The predicted octanol–water partition coefficient (Wildman–Crippen LogP) is 4.45. The van der Waals surface area contributed by atoms with Crippen LogP contribution in [0.15, 0.2) is 47.6 Å². The Kier molecular flexibility index (Phi) is 5.42. The summed E-state index contributed by atoms with van der Waals surface area (Å²) < 4.78 is 7.02. The Morgan fingerprint density at radius 2 is 2.08 bits per heavy atom. The lowest BCUT2D eigenvalue weighted by Crippen LogP contribution is -2.04. The summed E-state index contributed by atoms with van der Waals surface area (Å²) in [5, 5.41) is 0. The summed E-state index contributed by atoms with van der Waals surface area (Å²) >= 11 is 1.52. The highest BCUT2D eigenvalue weighted by Crippen LogP contribution is 2.33. The zero-order valence-electron chi connectivity index (χ0n) is 15.3. The standard InChI is InChI=1S/C20H21N3O2S/c1-5-23-12-21-18(16-8-6-7-13(2)22-16)19(23)14-9-10-17(26-4)15(11-14)20(24)25-3/h6-12H,5H2,1-4H3. The number of methoxy groups -OCH3 is 1. The molecule has 0 unspecified atom stereocenters. The second-order valence-corrected chi connectivity index (χ2v) is 6.65. The summed E-state index contributed by atoms with van der Waals surface area (Å²) in [6, 6.07) is 11.7. The molecule has 0 amide bonds. The van der Waals surface area contributed by atoms with Crippen LogP contribution in [0.4, 0.5) is 0 Å². The number of nitrogens with zero attached hydrogens (tertiary/aromatic N) is 3. The molecule has 0 aliphatic heterocycles. The molecule has 0 aliphatic rings. The second-order valence-electron chi connectivity index (χ2n) is 5.80. The van der Waals surface area contributed by atoms with E-state index in [0.717, 1.165) is 39.8 Å². The van der Waals surface area contributed by atoms with E-state index >= 15 is 0 Å². The Morgan fingerprint density at radius 1 is 1.27 bits per heavy atom. The van der Waals surface area contributed by atoms with Crippen molar-refractivity contribution < 1.29 is 9.53 Å². The number of pyridine rings is 1. The highest BCUT2D eigenvalue weighted by Gasteiger charge is 2.19. The van der Waals surface area contributed by atoms with Crippen molar-refractivity contribution in [1.82, 2.24) is 14.5 Å². The van der Waals surface area contributed by atoms with Crippen molar-refractivity contribution in [2.24, 2.45) is 0 Å². The molecule has 0 bridgehead atoms. The first-order valence-electron chi connectivity index (χ1n) is 8.35. The zero-order valence-corrected chi connectivity index (χ0v) is 16.1. The molecule has 0 saturated carbocycles. The minimum Gasteiger partial charge on any atom is -0.465 e. The molecular weight excluding hydrogens is 346 g/mol. The monoisotopic (exact) mass is 367 g/mol. The number of carbonyl (C=O) groups excluding carboxylic acids is 1. The van der Waals surface area contributed by atoms with E-state index in [1.165, 1.54) is 18.9 Å². The molecule has 0 fully saturated rings. The Bertz CT molecular complexity index is 950. The van der Waals surface area contributed by atoms with Crippen molar-refractivity contribution in [2.75, 3.05) is 13.4 Å². The number of hydrogen-bond donors (Lipinski definition) is 0. The van der Waals surface area contributed by atoms with Gasteiger partial charge in [-0.2, -0.15) is 0 Å². The SMILES string of the molecule is CCn1cnc(-c2cccc(C)n2)c1-c1ccc(SC)c(C(=O)OC)c1. The molecular formula is C20H21N3O2S. The number of carbonyl (C=O) groups is 1. The van der Waals surface area contributed by atoms with Crippen LogP contribution >= 0.6 is 11.8 Å². The number of rotatable bonds is 5. The second kappa shape index (κ2) is 7.74. The van der Waals surface area contributed by atoms with Crippen LogP contribution in [0.25, 0.3) is 22.6 Å². The molecule has 3 aromatic rings. The van der Waals surface area contributed by atoms with Crippen molar-refractivity contribution in [3.05, 3.63) is 54.0 Å². The van der Waals surface area contributed by atoms with Crippen molar-refractivity contribution >= 4 is 17.7 Å². The van der Waals surface area contributed by atoms with Crippen LogP contribution in [-0.4, -0.2) is 33.9 Å². The maximum atomic E-state index is 12.2. The average Bonchev–Trinajstić information content (AvgIpc) is 3.11.